The zero-order valence-corrected chi connectivity index (χ0v) is 8.77. The number of amides is 1. The molecule has 0 saturated carbocycles. The van der Waals surface area contributed by atoms with Crippen molar-refractivity contribution in [1.29, 1.82) is 0 Å². The Labute approximate surface area is 88.8 Å². The normalized spacial score (nSPS) is 11.3. The third-order valence-corrected chi connectivity index (χ3v) is 2.65. The molecule has 76 valence electrons. The van der Waals surface area contributed by atoms with Crippen LogP contribution in [0, 0.1) is 0 Å². The highest BCUT2D eigenvalue weighted by molar-refractivity contribution is 8.14. The summed E-state index contributed by atoms with van der Waals surface area (Å²) >= 11 is 2.43. The van der Waals surface area contributed by atoms with Crippen LogP contribution in [-0.2, 0) is 4.79 Å². The molecule has 1 rings (SSSR count). The SMILES string of the molecule is NN=C(N)SCC(=O)Nc1nccs1. The van der Waals surface area contributed by atoms with Gasteiger partial charge in [-0.25, -0.2) is 4.98 Å². The van der Waals surface area contributed by atoms with Crippen LogP contribution >= 0.6 is 23.1 Å². The molecule has 0 saturated heterocycles. The van der Waals surface area contributed by atoms with E-state index in [4.69, 9.17) is 11.6 Å². The highest BCUT2D eigenvalue weighted by atomic mass is 32.2. The third-order valence-electron chi connectivity index (χ3n) is 1.16. The van der Waals surface area contributed by atoms with Gasteiger partial charge >= 0.3 is 0 Å². The van der Waals surface area contributed by atoms with Crippen molar-refractivity contribution in [2.75, 3.05) is 11.1 Å². The van der Waals surface area contributed by atoms with E-state index in [0.29, 0.717) is 5.13 Å². The smallest absolute Gasteiger partial charge is 0.236 e. The van der Waals surface area contributed by atoms with Crippen LogP contribution in [-0.4, -0.2) is 21.8 Å². The molecule has 8 heteroatoms. The predicted octanol–water partition coefficient (Wildman–Crippen LogP) is 0.00320. The maximum Gasteiger partial charge on any atom is 0.236 e. The van der Waals surface area contributed by atoms with E-state index in [1.165, 1.54) is 11.3 Å². The summed E-state index contributed by atoms with van der Waals surface area (Å²) in [6.45, 7) is 0. The third kappa shape index (κ3) is 3.62. The second-order valence-electron chi connectivity index (χ2n) is 2.14. The highest BCUT2D eigenvalue weighted by Gasteiger charge is 2.05. The Morgan fingerprint density at radius 1 is 1.79 bits per heavy atom. The van der Waals surface area contributed by atoms with Gasteiger partial charge in [0.25, 0.3) is 0 Å². The van der Waals surface area contributed by atoms with Gasteiger partial charge in [-0.2, -0.15) is 5.10 Å². The first-order chi connectivity index (χ1) is 6.72. The summed E-state index contributed by atoms with van der Waals surface area (Å²) in [5, 5.41) is 8.34. The summed E-state index contributed by atoms with van der Waals surface area (Å²) < 4.78 is 0. The fourth-order valence-electron chi connectivity index (χ4n) is 0.617. The molecule has 5 N–H and O–H groups in total. The van der Waals surface area contributed by atoms with Crippen LogP contribution in [0.1, 0.15) is 0 Å². The Hall–Kier alpha value is -1.28. The number of anilines is 1. The van der Waals surface area contributed by atoms with Gasteiger partial charge in [0.1, 0.15) is 0 Å². The summed E-state index contributed by atoms with van der Waals surface area (Å²) in [6.07, 6.45) is 1.61. The number of nitrogens with zero attached hydrogens (tertiary/aromatic N) is 2. The lowest BCUT2D eigenvalue weighted by Gasteiger charge is -1.99. The van der Waals surface area contributed by atoms with Gasteiger partial charge in [0, 0.05) is 11.6 Å². The topological polar surface area (TPSA) is 106 Å². The van der Waals surface area contributed by atoms with E-state index in [2.05, 4.69) is 15.4 Å². The first-order valence-corrected chi connectivity index (χ1v) is 5.44. The molecule has 0 spiro atoms. The van der Waals surface area contributed by atoms with Gasteiger partial charge in [-0.05, 0) is 0 Å². The molecule has 1 heterocycles. The summed E-state index contributed by atoms with van der Waals surface area (Å²) in [4.78, 5) is 15.1. The van der Waals surface area contributed by atoms with Crippen molar-refractivity contribution >= 4 is 39.3 Å². The number of thioether (sulfide) groups is 1. The molecule has 0 unspecified atom stereocenters. The van der Waals surface area contributed by atoms with Gasteiger partial charge in [0.15, 0.2) is 10.3 Å². The van der Waals surface area contributed by atoms with E-state index < -0.39 is 0 Å². The fourth-order valence-corrected chi connectivity index (χ4v) is 1.59. The molecule has 0 radical (unpaired) electrons. The number of amidine groups is 1. The van der Waals surface area contributed by atoms with E-state index in [0.717, 1.165) is 11.8 Å². The molecule has 1 aromatic rings. The number of rotatable bonds is 3. The summed E-state index contributed by atoms with van der Waals surface area (Å²) in [5.41, 5.74) is 5.29. The van der Waals surface area contributed by atoms with E-state index in [1.54, 1.807) is 11.6 Å². The molecular formula is C6H9N5OS2. The highest BCUT2D eigenvalue weighted by Crippen LogP contribution is 2.10. The fraction of sp³-hybridized carbons (Fsp3) is 0.167. The standard InChI is InChI=1S/C6H9N5OS2/c7-5(11-8)14-3-4(12)10-6-9-1-2-13-6/h1-2H,3,8H2,(H2,7,11)(H,9,10,12). The van der Waals surface area contributed by atoms with Crippen molar-refractivity contribution in [1.82, 2.24) is 4.98 Å². The van der Waals surface area contributed by atoms with Crippen molar-refractivity contribution in [2.24, 2.45) is 16.7 Å². The number of aromatic nitrogens is 1. The van der Waals surface area contributed by atoms with Crippen molar-refractivity contribution < 1.29 is 4.79 Å². The minimum absolute atomic E-state index is 0.173. The van der Waals surface area contributed by atoms with E-state index in [-0.39, 0.29) is 16.8 Å². The molecule has 1 aromatic heterocycles. The van der Waals surface area contributed by atoms with Gasteiger partial charge in [0.05, 0.1) is 5.75 Å². The molecule has 1 amide bonds. The molecule has 14 heavy (non-hydrogen) atoms. The molecule has 0 aliphatic carbocycles. The Kier molecular flexibility index (Phi) is 4.20. The lowest BCUT2D eigenvalue weighted by atomic mass is 10.7. The molecule has 0 aliphatic heterocycles. The van der Waals surface area contributed by atoms with Crippen LogP contribution in [0.3, 0.4) is 0 Å². The van der Waals surface area contributed by atoms with Gasteiger partial charge < -0.3 is 16.9 Å². The molecule has 0 fully saturated rings. The Morgan fingerprint density at radius 2 is 2.57 bits per heavy atom. The van der Waals surface area contributed by atoms with Crippen LogP contribution < -0.4 is 16.9 Å². The van der Waals surface area contributed by atoms with E-state index >= 15 is 0 Å². The minimum Gasteiger partial charge on any atom is -0.377 e. The van der Waals surface area contributed by atoms with Gasteiger partial charge in [0.2, 0.25) is 5.91 Å². The number of hydrogen-bond donors (Lipinski definition) is 3. The molecule has 6 nitrogen and oxygen atoms in total. The summed E-state index contributed by atoms with van der Waals surface area (Å²) in [5.74, 6) is 4.88. The first kappa shape index (κ1) is 10.8. The second kappa shape index (κ2) is 5.45. The summed E-state index contributed by atoms with van der Waals surface area (Å²) in [7, 11) is 0. The molecule has 0 bridgehead atoms. The predicted molar refractivity (Wildman–Crippen MR) is 59.0 cm³/mol. The quantitative estimate of drug-likeness (QED) is 0.294. The number of carbonyl (C=O) groups is 1. The number of thiazole rings is 1. The number of hydrogen-bond acceptors (Lipinski definition) is 6. The largest absolute Gasteiger partial charge is 0.377 e. The first-order valence-electron chi connectivity index (χ1n) is 3.58. The van der Waals surface area contributed by atoms with Gasteiger partial charge in [-0.15, -0.1) is 11.3 Å². The maximum atomic E-state index is 11.2. The van der Waals surface area contributed by atoms with Crippen LogP contribution in [0.25, 0.3) is 0 Å². The Bertz CT molecular complexity index is 323. The zero-order valence-electron chi connectivity index (χ0n) is 7.14. The number of hydrazone groups is 1. The Balaban J connectivity index is 2.30. The van der Waals surface area contributed by atoms with E-state index in [1.807, 2.05) is 0 Å². The summed E-state index contributed by atoms with van der Waals surface area (Å²) in [6, 6.07) is 0. The minimum atomic E-state index is -0.184. The number of carbonyl (C=O) groups excluding carboxylic acids is 1. The molecule has 0 atom stereocenters. The van der Waals surface area contributed by atoms with Crippen molar-refractivity contribution in [2.45, 2.75) is 0 Å². The van der Waals surface area contributed by atoms with E-state index in [9.17, 15) is 4.79 Å². The number of nitrogens with one attached hydrogen (secondary N) is 1. The molecule has 0 aromatic carbocycles. The lowest BCUT2D eigenvalue weighted by molar-refractivity contribution is -0.113. The molecular weight excluding hydrogens is 222 g/mol. The van der Waals surface area contributed by atoms with Crippen LogP contribution in [0.15, 0.2) is 16.7 Å². The van der Waals surface area contributed by atoms with Crippen molar-refractivity contribution in [3.63, 3.8) is 0 Å². The van der Waals surface area contributed by atoms with Crippen molar-refractivity contribution in [3.05, 3.63) is 11.6 Å². The number of nitrogens with two attached hydrogens (primary N) is 2. The second-order valence-corrected chi connectivity index (χ2v) is 4.03. The average Bonchev–Trinajstić information content (AvgIpc) is 2.66. The van der Waals surface area contributed by atoms with Gasteiger partial charge in [-0.3, -0.25) is 4.79 Å². The van der Waals surface area contributed by atoms with Crippen LogP contribution in [0.4, 0.5) is 5.13 Å². The monoisotopic (exact) mass is 231 g/mol. The average molecular weight is 231 g/mol. The maximum absolute atomic E-state index is 11.2. The molecule has 0 aliphatic rings. The Morgan fingerprint density at radius 3 is 3.14 bits per heavy atom. The lowest BCUT2D eigenvalue weighted by Crippen LogP contribution is -2.18. The van der Waals surface area contributed by atoms with Crippen LogP contribution in [0.2, 0.25) is 0 Å². The van der Waals surface area contributed by atoms with Crippen molar-refractivity contribution in [3.8, 4) is 0 Å². The zero-order chi connectivity index (χ0) is 10.4. The van der Waals surface area contributed by atoms with Crippen LogP contribution in [0.5, 0.6) is 0 Å². The van der Waals surface area contributed by atoms with Gasteiger partial charge in [-0.1, -0.05) is 11.8 Å².